The Morgan fingerprint density at radius 3 is 2.18 bits per heavy atom. The molecule has 3 nitrogen and oxygen atoms in total. The van der Waals surface area contributed by atoms with Crippen molar-refractivity contribution in [2.45, 2.75) is 27.7 Å². The fourth-order valence-corrected chi connectivity index (χ4v) is 4.04. The van der Waals surface area contributed by atoms with Crippen LogP contribution >= 0.6 is 11.6 Å². The van der Waals surface area contributed by atoms with E-state index < -0.39 is 0 Å². The average molecular weight is 321 g/mol. The highest BCUT2D eigenvalue weighted by Gasteiger charge is 2.68. The Bertz CT molecular complexity index is 575. The highest BCUT2D eigenvalue weighted by atomic mass is 35.5. The van der Waals surface area contributed by atoms with Crippen molar-refractivity contribution in [2.24, 2.45) is 16.7 Å². The third-order valence-electron chi connectivity index (χ3n) is 6.03. The second kappa shape index (κ2) is 5.16. The van der Waals surface area contributed by atoms with Gasteiger partial charge in [-0.15, -0.1) is 0 Å². The molecule has 1 aliphatic carbocycles. The molecule has 1 heterocycles. The van der Waals surface area contributed by atoms with E-state index in [2.05, 4.69) is 38.7 Å². The maximum atomic E-state index is 12.8. The Morgan fingerprint density at radius 1 is 1.09 bits per heavy atom. The summed E-state index contributed by atoms with van der Waals surface area (Å²) in [5.74, 6) is 0.499. The fourth-order valence-electron chi connectivity index (χ4n) is 3.85. The van der Waals surface area contributed by atoms with Crippen LogP contribution in [-0.4, -0.2) is 37.0 Å². The third kappa shape index (κ3) is 2.40. The third-order valence-corrected chi connectivity index (χ3v) is 6.27. The van der Waals surface area contributed by atoms with Crippen molar-refractivity contribution < 1.29 is 4.79 Å². The summed E-state index contributed by atoms with van der Waals surface area (Å²) < 4.78 is 0. The number of carbonyl (C=O) groups is 1. The van der Waals surface area contributed by atoms with E-state index in [0.717, 1.165) is 36.9 Å². The summed E-state index contributed by atoms with van der Waals surface area (Å²) in [6.07, 6.45) is 0. The molecule has 1 amide bonds. The number of rotatable bonds is 2. The SMILES string of the molecule is CC1(C)C(C(=O)N2CCN(c3cccc(Cl)c3)CC2)C1(C)C. The first-order chi connectivity index (χ1) is 10.2. The molecule has 0 unspecified atom stereocenters. The number of carbonyl (C=O) groups excluding carboxylic acids is 1. The molecule has 1 saturated carbocycles. The fraction of sp³-hybridized carbons (Fsp3) is 0.611. The van der Waals surface area contributed by atoms with Gasteiger partial charge in [-0.05, 0) is 29.0 Å². The molecule has 3 rings (SSSR count). The second-order valence-electron chi connectivity index (χ2n) is 7.67. The van der Waals surface area contributed by atoms with Gasteiger partial charge in [-0.25, -0.2) is 0 Å². The maximum Gasteiger partial charge on any atom is 0.226 e. The second-order valence-corrected chi connectivity index (χ2v) is 8.11. The van der Waals surface area contributed by atoms with Crippen LogP contribution in [-0.2, 0) is 4.79 Å². The van der Waals surface area contributed by atoms with E-state index in [1.165, 1.54) is 0 Å². The Kier molecular flexibility index (Phi) is 3.67. The zero-order valence-electron chi connectivity index (χ0n) is 13.9. The minimum absolute atomic E-state index is 0.119. The number of benzene rings is 1. The van der Waals surface area contributed by atoms with Gasteiger partial charge in [-0.3, -0.25) is 4.79 Å². The molecule has 1 aromatic rings. The predicted molar refractivity (Wildman–Crippen MR) is 91.3 cm³/mol. The molecule has 2 aliphatic rings. The number of amides is 1. The van der Waals surface area contributed by atoms with Crippen molar-refractivity contribution in [2.75, 3.05) is 31.1 Å². The molecule has 1 aliphatic heterocycles. The number of halogens is 1. The van der Waals surface area contributed by atoms with Crippen molar-refractivity contribution >= 4 is 23.2 Å². The van der Waals surface area contributed by atoms with Gasteiger partial charge < -0.3 is 9.80 Å². The van der Waals surface area contributed by atoms with Crippen LogP contribution < -0.4 is 4.90 Å². The number of nitrogens with zero attached hydrogens (tertiary/aromatic N) is 2. The summed E-state index contributed by atoms with van der Waals surface area (Å²) >= 11 is 6.06. The van der Waals surface area contributed by atoms with Crippen LogP contribution in [0.5, 0.6) is 0 Å². The molecule has 2 fully saturated rings. The number of hydrogen-bond donors (Lipinski definition) is 0. The van der Waals surface area contributed by atoms with E-state index in [4.69, 9.17) is 11.6 Å². The maximum absolute atomic E-state index is 12.8. The van der Waals surface area contributed by atoms with E-state index in [1.807, 2.05) is 23.1 Å². The minimum atomic E-state index is 0.119. The van der Waals surface area contributed by atoms with Crippen LogP contribution in [0.3, 0.4) is 0 Å². The van der Waals surface area contributed by atoms with Gasteiger partial charge in [0, 0.05) is 42.8 Å². The summed E-state index contributed by atoms with van der Waals surface area (Å²) in [5, 5.41) is 0.762. The predicted octanol–water partition coefficient (Wildman–Crippen LogP) is 3.67. The van der Waals surface area contributed by atoms with Crippen molar-refractivity contribution in [3.8, 4) is 0 Å². The molecule has 120 valence electrons. The minimum Gasteiger partial charge on any atom is -0.368 e. The van der Waals surface area contributed by atoms with Gasteiger partial charge in [0.05, 0.1) is 0 Å². The number of hydrogen-bond acceptors (Lipinski definition) is 2. The molecule has 0 radical (unpaired) electrons. The monoisotopic (exact) mass is 320 g/mol. The van der Waals surface area contributed by atoms with Crippen LogP contribution in [0.1, 0.15) is 27.7 Å². The molecule has 0 spiro atoms. The Hall–Kier alpha value is -1.22. The Morgan fingerprint density at radius 2 is 1.68 bits per heavy atom. The van der Waals surface area contributed by atoms with Gasteiger partial charge in [0.15, 0.2) is 0 Å². The quantitative estimate of drug-likeness (QED) is 0.830. The summed E-state index contributed by atoms with van der Waals surface area (Å²) in [4.78, 5) is 17.1. The van der Waals surface area contributed by atoms with E-state index in [9.17, 15) is 4.79 Å². The lowest BCUT2D eigenvalue weighted by molar-refractivity contribution is -0.134. The van der Waals surface area contributed by atoms with Gasteiger partial charge >= 0.3 is 0 Å². The van der Waals surface area contributed by atoms with Crippen LogP contribution in [0, 0.1) is 16.7 Å². The van der Waals surface area contributed by atoms with Gasteiger partial charge in [-0.1, -0.05) is 45.4 Å². The summed E-state index contributed by atoms with van der Waals surface area (Å²) in [7, 11) is 0. The molecule has 1 saturated heterocycles. The van der Waals surface area contributed by atoms with Crippen LogP contribution in [0.25, 0.3) is 0 Å². The molecule has 0 aromatic heterocycles. The van der Waals surface area contributed by atoms with Crippen molar-refractivity contribution in [1.29, 1.82) is 0 Å². The molecular weight excluding hydrogens is 296 g/mol. The largest absolute Gasteiger partial charge is 0.368 e. The Balaban J connectivity index is 1.62. The number of anilines is 1. The number of piperazine rings is 1. The highest BCUT2D eigenvalue weighted by Crippen LogP contribution is 2.68. The van der Waals surface area contributed by atoms with Crippen molar-refractivity contribution in [3.63, 3.8) is 0 Å². The lowest BCUT2D eigenvalue weighted by Gasteiger charge is -2.36. The standard InChI is InChI=1S/C18H25ClN2O/c1-17(2)15(18(17,3)4)16(22)21-10-8-20(9-11-21)14-7-5-6-13(19)12-14/h5-7,12,15H,8-11H2,1-4H3. The lowest BCUT2D eigenvalue weighted by Crippen LogP contribution is -2.49. The first-order valence-electron chi connectivity index (χ1n) is 8.04. The zero-order valence-corrected chi connectivity index (χ0v) is 14.7. The first kappa shape index (κ1) is 15.7. The van der Waals surface area contributed by atoms with Crippen LogP contribution in [0.2, 0.25) is 5.02 Å². The molecule has 0 bridgehead atoms. The Labute approximate surface area is 138 Å². The molecule has 1 aromatic carbocycles. The normalized spacial score (nSPS) is 23.5. The van der Waals surface area contributed by atoms with Gasteiger partial charge in [0.25, 0.3) is 0 Å². The van der Waals surface area contributed by atoms with Gasteiger partial charge in [0.2, 0.25) is 5.91 Å². The molecule has 0 atom stereocenters. The smallest absolute Gasteiger partial charge is 0.226 e. The molecule has 22 heavy (non-hydrogen) atoms. The van der Waals surface area contributed by atoms with Gasteiger partial charge in [0.1, 0.15) is 0 Å². The molecular formula is C18H25ClN2O. The lowest BCUT2D eigenvalue weighted by atomic mass is 10.0. The van der Waals surface area contributed by atoms with Crippen molar-refractivity contribution in [3.05, 3.63) is 29.3 Å². The average Bonchev–Trinajstić information content (AvgIpc) is 2.88. The van der Waals surface area contributed by atoms with Crippen LogP contribution in [0.15, 0.2) is 24.3 Å². The van der Waals surface area contributed by atoms with E-state index >= 15 is 0 Å². The summed E-state index contributed by atoms with van der Waals surface area (Å²) in [6, 6.07) is 7.94. The molecule has 0 N–H and O–H groups in total. The highest BCUT2D eigenvalue weighted by molar-refractivity contribution is 6.30. The van der Waals surface area contributed by atoms with E-state index in [1.54, 1.807) is 0 Å². The zero-order chi connectivity index (χ0) is 16.1. The molecule has 4 heteroatoms. The topological polar surface area (TPSA) is 23.6 Å². The first-order valence-corrected chi connectivity index (χ1v) is 8.42. The van der Waals surface area contributed by atoms with Crippen molar-refractivity contribution in [1.82, 2.24) is 4.90 Å². The van der Waals surface area contributed by atoms with E-state index in [0.29, 0.717) is 5.91 Å². The summed E-state index contributed by atoms with van der Waals surface area (Å²) in [5.41, 5.74) is 1.38. The van der Waals surface area contributed by atoms with Gasteiger partial charge in [-0.2, -0.15) is 0 Å². The van der Waals surface area contributed by atoms with Crippen LogP contribution in [0.4, 0.5) is 5.69 Å². The summed E-state index contributed by atoms with van der Waals surface area (Å²) in [6.45, 7) is 12.2. The van der Waals surface area contributed by atoms with E-state index in [-0.39, 0.29) is 16.7 Å².